The van der Waals surface area contributed by atoms with Crippen LogP contribution in [0, 0.1) is 0 Å². The molecule has 0 spiro atoms. The van der Waals surface area contributed by atoms with Crippen molar-refractivity contribution in [1.82, 2.24) is 4.98 Å². The fourth-order valence-corrected chi connectivity index (χ4v) is 0.707. The van der Waals surface area contributed by atoms with Crippen molar-refractivity contribution >= 4 is 12.3 Å². The predicted octanol–water partition coefficient (Wildman–Crippen LogP) is 1.20. The van der Waals surface area contributed by atoms with E-state index in [4.69, 9.17) is 10.2 Å². The highest BCUT2D eigenvalue weighted by Crippen LogP contribution is 2.23. The second-order valence-electron chi connectivity index (χ2n) is 2.04. The molecule has 0 atom stereocenters. The maximum Gasteiger partial charge on any atom is 0.512 e. The van der Waals surface area contributed by atoms with Gasteiger partial charge in [-0.3, -0.25) is 0 Å². The number of carboxylic acid groups (broad SMARTS) is 2. The lowest BCUT2D eigenvalue weighted by atomic mass is 10.4. The standard InChI is InChI=1S/C7H5NO6/c9-6(10)13-4-2-1-3-8-5(4)14-7(11)12/h1-3H,(H,9,10)(H,11,12). The number of rotatable bonds is 2. The van der Waals surface area contributed by atoms with E-state index >= 15 is 0 Å². The van der Waals surface area contributed by atoms with E-state index in [-0.39, 0.29) is 5.75 Å². The molecular weight excluding hydrogens is 194 g/mol. The molecule has 7 nitrogen and oxygen atoms in total. The maximum atomic E-state index is 10.2. The summed E-state index contributed by atoms with van der Waals surface area (Å²) >= 11 is 0. The van der Waals surface area contributed by atoms with Crippen molar-refractivity contribution in [2.75, 3.05) is 0 Å². The van der Waals surface area contributed by atoms with Gasteiger partial charge in [0, 0.05) is 6.20 Å². The van der Waals surface area contributed by atoms with Crippen LogP contribution < -0.4 is 9.47 Å². The largest absolute Gasteiger partial charge is 0.512 e. The number of pyridine rings is 1. The van der Waals surface area contributed by atoms with Crippen LogP contribution in [0.4, 0.5) is 9.59 Å². The Balaban J connectivity index is 2.90. The third-order valence-electron chi connectivity index (χ3n) is 1.12. The van der Waals surface area contributed by atoms with Gasteiger partial charge in [-0.05, 0) is 12.1 Å². The van der Waals surface area contributed by atoms with E-state index in [0.29, 0.717) is 0 Å². The number of nitrogens with zero attached hydrogens (tertiary/aromatic N) is 1. The van der Waals surface area contributed by atoms with Crippen molar-refractivity contribution in [3.8, 4) is 11.6 Å². The molecule has 0 radical (unpaired) electrons. The Morgan fingerprint density at radius 3 is 2.43 bits per heavy atom. The highest BCUT2D eigenvalue weighted by Gasteiger charge is 2.12. The van der Waals surface area contributed by atoms with Crippen LogP contribution in [0.1, 0.15) is 0 Å². The Labute approximate surface area is 77.5 Å². The van der Waals surface area contributed by atoms with Gasteiger partial charge in [0.05, 0.1) is 0 Å². The lowest BCUT2D eigenvalue weighted by Crippen LogP contribution is -2.09. The molecule has 0 amide bonds. The van der Waals surface area contributed by atoms with E-state index < -0.39 is 18.2 Å². The lowest BCUT2D eigenvalue weighted by Gasteiger charge is -2.03. The number of aromatic nitrogens is 1. The molecule has 74 valence electrons. The summed E-state index contributed by atoms with van der Waals surface area (Å²) in [6.45, 7) is 0. The molecule has 7 heteroatoms. The molecule has 1 rings (SSSR count). The number of hydrogen-bond acceptors (Lipinski definition) is 5. The summed E-state index contributed by atoms with van der Waals surface area (Å²) in [6.07, 6.45) is -1.93. The van der Waals surface area contributed by atoms with E-state index in [1.807, 2.05) is 0 Å². The minimum atomic E-state index is -1.60. The van der Waals surface area contributed by atoms with Crippen molar-refractivity contribution in [2.24, 2.45) is 0 Å². The molecule has 2 N–H and O–H groups in total. The zero-order valence-corrected chi connectivity index (χ0v) is 6.71. The van der Waals surface area contributed by atoms with Gasteiger partial charge in [0.2, 0.25) is 0 Å². The van der Waals surface area contributed by atoms with Gasteiger partial charge in [-0.25, -0.2) is 14.6 Å². The molecule has 0 aliphatic rings. The van der Waals surface area contributed by atoms with Crippen LogP contribution in [-0.4, -0.2) is 27.5 Å². The van der Waals surface area contributed by atoms with Gasteiger partial charge in [-0.15, -0.1) is 0 Å². The van der Waals surface area contributed by atoms with Gasteiger partial charge in [0.25, 0.3) is 5.88 Å². The van der Waals surface area contributed by atoms with Crippen molar-refractivity contribution in [3.05, 3.63) is 18.3 Å². The minimum absolute atomic E-state index is 0.276. The average Bonchev–Trinajstić information content (AvgIpc) is 2.06. The smallest absolute Gasteiger partial charge is 0.449 e. The SMILES string of the molecule is O=C(O)Oc1cccnc1OC(=O)O. The van der Waals surface area contributed by atoms with Crippen molar-refractivity contribution in [1.29, 1.82) is 0 Å². The lowest BCUT2D eigenvalue weighted by molar-refractivity contribution is 0.131. The third-order valence-corrected chi connectivity index (χ3v) is 1.12. The Bertz CT molecular complexity index is 328. The van der Waals surface area contributed by atoms with E-state index in [2.05, 4.69) is 14.5 Å². The van der Waals surface area contributed by atoms with Crippen molar-refractivity contribution < 1.29 is 29.3 Å². The summed E-state index contributed by atoms with van der Waals surface area (Å²) in [6, 6.07) is 2.60. The number of carbonyl (C=O) groups is 2. The van der Waals surface area contributed by atoms with E-state index in [1.54, 1.807) is 0 Å². The summed E-state index contributed by atoms with van der Waals surface area (Å²) in [5.74, 6) is -0.690. The molecule has 1 aromatic heterocycles. The predicted molar refractivity (Wildman–Crippen MR) is 41.5 cm³/mol. The minimum Gasteiger partial charge on any atom is -0.449 e. The first-order valence-electron chi connectivity index (χ1n) is 3.36. The number of ether oxygens (including phenoxy) is 2. The molecule has 0 saturated carbocycles. The van der Waals surface area contributed by atoms with Gasteiger partial charge >= 0.3 is 12.3 Å². The number of hydrogen-bond donors (Lipinski definition) is 2. The van der Waals surface area contributed by atoms with Gasteiger partial charge in [0.1, 0.15) is 0 Å². The fourth-order valence-electron chi connectivity index (χ4n) is 0.707. The van der Waals surface area contributed by atoms with Crippen LogP contribution in [0.15, 0.2) is 18.3 Å². The molecule has 0 aromatic carbocycles. The molecular formula is C7H5NO6. The van der Waals surface area contributed by atoms with Crippen LogP contribution in [0.2, 0.25) is 0 Å². The molecule has 0 aliphatic carbocycles. The molecule has 1 heterocycles. The zero-order chi connectivity index (χ0) is 10.6. The highest BCUT2D eigenvalue weighted by atomic mass is 16.7. The highest BCUT2D eigenvalue weighted by molar-refractivity contribution is 5.65. The Morgan fingerprint density at radius 1 is 1.21 bits per heavy atom. The first-order chi connectivity index (χ1) is 6.59. The second-order valence-corrected chi connectivity index (χ2v) is 2.04. The van der Waals surface area contributed by atoms with Crippen LogP contribution in [-0.2, 0) is 0 Å². The first-order valence-corrected chi connectivity index (χ1v) is 3.36. The van der Waals surface area contributed by atoms with Crippen molar-refractivity contribution in [2.45, 2.75) is 0 Å². The third kappa shape index (κ3) is 2.63. The molecule has 0 saturated heterocycles. The summed E-state index contributed by atoms with van der Waals surface area (Å²) in [5.41, 5.74) is 0. The van der Waals surface area contributed by atoms with Crippen LogP contribution in [0.3, 0.4) is 0 Å². The first kappa shape index (κ1) is 9.78. The van der Waals surface area contributed by atoms with E-state index in [0.717, 1.165) is 0 Å². The quantitative estimate of drug-likeness (QED) is 0.689. The van der Waals surface area contributed by atoms with Gasteiger partial charge < -0.3 is 19.7 Å². The molecule has 0 aliphatic heterocycles. The zero-order valence-electron chi connectivity index (χ0n) is 6.71. The van der Waals surface area contributed by atoms with E-state index in [1.165, 1.54) is 18.3 Å². The van der Waals surface area contributed by atoms with Crippen LogP contribution in [0.25, 0.3) is 0 Å². The van der Waals surface area contributed by atoms with Crippen LogP contribution in [0.5, 0.6) is 11.6 Å². The fraction of sp³-hybridized carbons (Fsp3) is 0. The van der Waals surface area contributed by atoms with E-state index in [9.17, 15) is 9.59 Å². The Morgan fingerprint density at radius 2 is 1.86 bits per heavy atom. The summed E-state index contributed by atoms with van der Waals surface area (Å²) in [4.78, 5) is 23.8. The maximum absolute atomic E-state index is 10.2. The molecule has 0 fully saturated rings. The molecule has 0 bridgehead atoms. The summed E-state index contributed by atoms with van der Waals surface area (Å²) in [5, 5.41) is 16.5. The monoisotopic (exact) mass is 199 g/mol. The summed E-state index contributed by atoms with van der Waals surface area (Å²) < 4.78 is 8.38. The Kier molecular flexibility index (Phi) is 2.85. The topological polar surface area (TPSA) is 106 Å². The van der Waals surface area contributed by atoms with Gasteiger partial charge in [0.15, 0.2) is 5.75 Å². The summed E-state index contributed by atoms with van der Waals surface area (Å²) in [7, 11) is 0. The molecule has 1 aromatic rings. The Hall–Kier alpha value is -2.31. The van der Waals surface area contributed by atoms with Gasteiger partial charge in [-0.1, -0.05) is 0 Å². The second kappa shape index (κ2) is 4.08. The van der Waals surface area contributed by atoms with Gasteiger partial charge in [-0.2, -0.15) is 0 Å². The molecule has 0 unspecified atom stereocenters. The van der Waals surface area contributed by atoms with Crippen molar-refractivity contribution in [3.63, 3.8) is 0 Å². The van der Waals surface area contributed by atoms with Crippen LogP contribution >= 0.6 is 0 Å². The normalized spacial score (nSPS) is 9.14. The molecule has 14 heavy (non-hydrogen) atoms. The average molecular weight is 199 g/mol.